The largest absolute Gasteiger partial charge is 0.378 e. The Morgan fingerprint density at radius 2 is 2.20 bits per heavy atom. The van der Waals surface area contributed by atoms with Gasteiger partial charge >= 0.3 is 0 Å². The number of ether oxygens (including phenoxy) is 1. The Hall–Kier alpha value is -0.110. The third kappa shape index (κ3) is 1.31. The number of hydrogen-bond donors (Lipinski definition) is 0. The van der Waals surface area contributed by atoms with E-state index < -0.39 is 5.67 Å². The highest BCUT2D eigenvalue weighted by atomic mass is 19.1. The molecule has 0 bridgehead atoms. The molecule has 0 amide bonds. The Kier molecular flexibility index (Phi) is 1.99. The number of rotatable bonds is 1. The molecule has 0 spiro atoms. The maximum atomic E-state index is 13.4. The second kappa shape index (κ2) is 2.50. The zero-order valence-electron chi connectivity index (χ0n) is 6.86. The van der Waals surface area contributed by atoms with E-state index in [1.165, 1.54) is 0 Å². The highest BCUT2D eigenvalue weighted by Crippen LogP contribution is 2.34. The summed E-state index contributed by atoms with van der Waals surface area (Å²) in [5.41, 5.74) is -1.09. The molecular formula is C8H15FO. The van der Waals surface area contributed by atoms with Crippen molar-refractivity contribution in [3.05, 3.63) is 0 Å². The third-order valence-corrected chi connectivity index (χ3v) is 2.26. The van der Waals surface area contributed by atoms with Crippen molar-refractivity contribution in [1.29, 1.82) is 0 Å². The van der Waals surface area contributed by atoms with Gasteiger partial charge in [0, 0.05) is 5.92 Å². The van der Waals surface area contributed by atoms with E-state index in [0.717, 1.165) is 0 Å². The second-order valence-corrected chi connectivity index (χ2v) is 3.64. The summed E-state index contributed by atoms with van der Waals surface area (Å²) in [5, 5.41) is 0. The van der Waals surface area contributed by atoms with E-state index in [4.69, 9.17) is 4.74 Å². The minimum absolute atomic E-state index is 0.0903. The monoisotopic (exact) mass is 146 g/mol. The number of halogens is 1. The molecule has 1 rings (SSSR count). The average Bonchev–Trinajstić information content (AvgIpc) is 2.08. The Morgan fingerprint density at radius 1 is 1.60 bits per heavy atom. The molecule has 0 aromatic heterocycles. The van der Waals surface area contributed by atoms with Gasteiger partial charge in [-0.1, -0.05) is 13.8 Å². The Labute approximate surface area is 61.6 Å². The zero-order valence-corrected chi connectivity index (χ0v) is 6.86. The second-order valence-electron chi connectivity index (χ2n) is 3.64. The molecule has 60 valence electrons. The van der Waals surface area contributed by atoms with Crippen LogP contribution in [0.25, 0.3) is 0 Å². The molecule has 1 aliphatic heterocycles. The summed E-state index contributed by atoms with van der Waals surface area (Å²) < 4.78 is 18.5. The van der Waals surface area contributed by atoms with Gasteiger partial charge in [-0.2, -0.15) is 0 Å². The van der Waals surface area contributed by atoms with Gasteiger partial charge in [0.2, 0.25) is 0 Å². The van der Waals surface area contributed by atoms with E-state index in [-0.39, 0.29) is 12.5 Å². The van der Waals surface area contributed by atoms with Gasteiger partial charge in [-0.15, -0.1) is 0 Å². The van der Waals surface area contributed by atoms with Crippen LogP contribution < -0.4 is 0 Å². The van der Waals surface area contributed by atoms with Crippen LogP contribution in [0.5, 0.6) is 0 Å². The Bertz CT molecular complexity index is 120. The Morgan fingerprint density at radius 3 is 2.40 bits per heavy atom. The van der Waals surface area contributed by atoms with Crippen molar-refractivity contribution >= 4 is 0 Å². The first-order chi connectivity index (χ1) is 4.54. The highest BCUT2D eigenvalue weighted by Gasteiger charge is 2.41. The topological polar surface area (TPSA) is 9.23 Å². The minimum Gasteiger partial charge on any atom is -0.378 e. The van der Waals surface area contributed by atoms with Crippen molar-refractivity contribution in [2.24, 2.45) is 11.8 Å². The molecule has 0 N–H and O–H groups in total. The third-order valence-electron chi connectivity index (χ3n) is 2.26. The molecule has 2 atom stereocenters. The maximum Gasteiger partial charge on any atom is 0.136 e. The van der Waals surface area contributed by atoms with Crippen LogP contribution in [0, 0.1) is 11.8 Å². The quantitative estimate of drug-likeness (QED) is 0.550. The van der Waals surface area contributed by atoms with Crippen LogP contribution in [-0.4, -0.2) is 18.9 Å². The molecule has 1 heterocycles. The van der Waals surface area contributed by atoms with E-state index in [9.17, 15) is 4.39 Å². The summed E-state index contributed by atoms with van der Waals surface area (Å²) >= 11 is 0. The molecule has 10 heavy (non-hydrogen) atoms. The first kappa shape index (κ1) is 7.99. The van der Waals surface area contributed by atoms with E-state index in [1.807, 2.05) is 13.8 Å². The van der Waals surface area contributed by atoms with E-state index in [1.54, 1.807) is 6.92 Å². The summed E-state index contributed by atoms with van der Waals surface area (Å²) in [5.74, 6) is 0.477. The van der Waals surface area contributed by atoms with Gasteiger partial charge in [0.15, 0.2) is 0 Å². The average molecular weight is 146 g/mol. The molecule has 1 fully saturated rings. The molecule has 1 saturated heterocycles. The lowest BCUT2D eigenvalue weighted by Gasteiger charge is -2.23. The summed E-state index contributed by atoms with van der Waals surface area (Å²) in [6, 6.07) is 0. The van der Waals surface area contributed by atoms with Gasteiger partial charge < -0.3 is 4.74 Å². The molecule has 0 aromatic carbocycles. The van der Waals surface area contributed by atoms with Crippen LogP contribution >= 0.6 is 0 Å². The number of alkyl halides is 1. The lowest BCUT2D eigenvalue weighted by Crippen LogP contribution is -2.31. The van der Waals surface area contributed by atoms with Crippen molar-refractivity contribution < 1.29 is 9.13 Å². The highest BCUT2D eigenvalue weighted by molar-refractivity contribution is 4.88. The summed E-state index contributed by atoms with van der Waals surface area (Å²) in [6.07, 6.45) is 0. The lowest BCUT2D eigenvalue weighted by atomic mass is 9.85. The molecule has 0 radical (unpaired) electrons. The van der Waals surface area contributed by atoms with Crippen LogP contribution in [0.1, 0.15) is 20.8 Å². The van der Waals surface area contributed by atoms with Crippen LogP contribution in [0.3, 0.4) is 0 Å². The standard InChI is InChI=1S/C8H15FO/c1-6(2)7-4-10-5-8(7,3)9/h6-7H,4-5H2,1-3H3. The Balaban J connectivity index is 2.59. The molecule has 0 aliphatic carbocycles. The van der Waals surface area contributed by atoms with Crippen LogP contribution in [0.15, 0.2) is 0 Å². The normalized spacial score (nSPS) is 41.1. The van der Waals surface area contributed by atoms with Crippen LogP contribution in [0.4, 0.5) is 4.39 Å². The molecule has 0 saturated carbocycles. The number of hydrogen-bond acceptors (Lipinski definition) is 1. The van der Waals surface area contributed by atoms with Gasteiger partial charge in [0.1, 0.15) is 5.67 Å². The predicted molar refractivity (Wildman–Crippen MR) is 38.7 cm³/mol. The van der Waals surface area contributed by atoms with Crippen LogP contribution in [-0.2, 0) is 4.74 Å². The zero-order chi connectivity index (χ0) is 7.78. The molecular weight excluding hydrogens is 131 g/mol. The van der Waals surface area contributed by atoms with Gasteiger partial charge in [-0.3, -0.25) is 0 Å². The van der Waals surface area contributed by atoms with Gasteiger partial charge in [0.25, 0.3) is 0 Å². The molecule has 2 heteroatoms. The first-order valence-corrected chi connectivity index (χ1v) is 3.80. The maximum absolute atomic E-state index is 13.4. The first-order valence-electron chi connectivity index (χ1n) is 3.80. The smallest absolute Gasteiger partial charge is 0.136 e. The van der Waals surface area contributed by atoms with Crippen molar-refractivity contribution in [2.75, 3.05) is 13.2 Å². The van der Waals surface area contributed by atoms with Gasteiger partial charge in [0.05, 0.1) is 13.2 Å². The fourth-order valence-electron chi connectivity index (χ4n) is 1.55. The van der Waals surface area contributed by atoms with E-state index in [2.05, 4.69) is 0 Å². The SMILES string of the molecule is CC(C)C1COCC1(C)F. The van der Waals surface area contributed by atoms with Gasteiger partial charge in [-0.25, -0.2) is 4.39 Å². The van der Waals surface area contributed by atoms with Crippen molar-refractivity contribution in [1.82, 2.24) is 0 Å². The van der Waals surface area contributed by atoms with E-state index in [0.29, 0.717) is 12.5 Å². The van der Waals surface area contributed by atoms with Crippen molar-refractivity contribution in [3.63, 3.8) is 0 Å². The molecule has 0 aromatic rings. The molecule has 1 aliphatic rings. The predicted octanol–water partition coefficient (Wildman–Crippen LogP) is 2.02. The van der Waals surface area contributed by atoms with Crippen LogP contribution in [0.2, 0.25) is 0 Å². The summed E-state index contributed by atoms with van der Waals surface area (Å²) in [6.45, 7) is 6.57. The van der Waals surface area contributed by atoms with Gasteiger partial charge in [-0.05, 0) is 12.8 Å². The van der Waals surface area contributed by atoms with Crippen molar-refractivity contribution in [3.8, 4) is 0 Å². The van der Waals surface area contributed by atoms with Crippen molar-refractivity contribution in [2.45, 2.75) is 26.4 Å². The fraction of sp³-hybridized carbons (Fsp3) is 1.00. The molecule has 2 unspecified atom stereocenters. The fourth-order valence-corrected chi connectivity index (χ4v) is 1.55. The lowest BCUT2D eigenvalue weighted by molar-refractivity contribution is 0.104. The molecule has 1 nitrogen and oxygen atoms in total. The summed E-state index contributed by atoms with van der Waals surface area (Å²) in [7, 11) is 0. The summed E-state index contributed by atoms with van der Waals surface area (Å²) in [4.78, 5) is 0. The minimum atomic E-state index is -1.09. The van der Waals surface area contributed by atoms with E-state index >= 15 is 0 Å².